The number of ether oxygens (including phenoxy) is 1. The van der Waals surface area contributed by atoms with Crippen molar-refractivity contribution in [3.05, 3.63) is 35.0 Å². The van der Waals surface area contributed by atoms with Crippen molar-refractivity contribution in [2.45, 2.75) is 48.2 Å². The number of rotatable bonds is 6. The number of hydrogen-bond acceptors (Lipinski definition) is 5. The molecule has 3 N–H and O–H groups in total. The molecule has 0 aromatic heterocycles. The fourth-order valence-electron chi connectivity index (χ4n) is 4.21. The summed E-state index contributed by atoms with van der Waals surface area (Å²) in [5, 5.41) is 21.7. The minimum atomic E-state index is -1.86. The van der Waals surface area contributed by atoms with Crippen LogP contribution in [0.15, 0.2) is 24.3 Å². The Morgan fingerprint density at radius 2 is 2.07 bits per heavy atom. The molecule has 2 aliphatic heterocycles. The number of nitrogens with one attached hydrogen (secondary N) is 2. The van der Waals surface area contributed by atoms with Gasteiger partial charge >= 0.3 is 0 Å². The number of hydrogen-bond donors (Lipinski definition) is 3. The first-order valence-electron chi connectivity index (χ1n) is 9.82. The summed E-state index contributed by atoms with van der Waals surface area (Å²) in [7, 11) is 0. The van der Waals surface area contributed by atoms with Crippen LogP contribution in [0.3, 0.4) is 0 Å². The number of piperidine rings is 2. The molecule has 0 saturated carbocycles. The van der Waals surface area contributed by atoms with E-state index in [0.717, 1.165) is 32.4 Å². The molecule has 2 aliphatic rings. The van der Waals surface area contributed by atoms with Crippen molar-refractivity contribution in [1.29, 1.82) is 0 Å². The van der Waals surface area contributed by atoms with Gasteiger partial charge in [0.2, 0.25) is 3.79 Å². The summed E-state index contributed by atoms with van der Waals surface area (Å²) in [6, 6.07) is 6.13. The molecule has 2 saturated heterocycles. The van der Waals surface area contributed by atoms with Gasteiger partial charge < -0.3 is 20.2 Å². The topological polar surface area (TPSA) is 89.3 Å². The number of benzene rings is 1. The van der Waals surface area contributed by atoms with Gasteiger partial charge in [-0.3, -0.25) is 4.79 Å². The summed E-state index contributed by atoms with van der Waals surface area (Å²) in [5.41, 5.74) is 0.160. The quantitative estimate of drug-likeness (QED) is 0.341. The van der Waals surface area contributed by atoms with E-state index in [-0.39, 0.29) is 11.3 Å². The van der Waals surface area contributed by atoms with E-state index < -0.39 is 21.2 Å². The molecular weight excluding hydrogens is 441 g/mol. The fraction of sp³-hybridized carbons (Fsp3) is 0.632. The molecule has 2 fully saturated rings. The van der Waals surface area contributed by atoms with E-state index in [0.29, 0.717) is 18.6 Å². The minimum Gasteiger partial charge on any atom is -0.595 e. The van der Waals surface area contributed by atoms with Gasteiger partial charge in [-0.1, -0.05) is 47.3 Å². The lowest BCUT2D eigenvalue weighted by Gasteiger charge is -2.44. The molecule has 0 aliphatic carbocycles. The maximum Gasteiger partial charge on any atom is 0.253 e. The lowest BCUT2D eigenvalue weighted by atomic mass is 9.84. The van der Waals surface area contributed by atoms with Gasteiger partial charge in [0.25, 0.3) is 5.91 Å². The van der Waals surface area contributed by atoms with Gasteiger partial charge in [-0.05, 0) is 50.8 Å². The Morgan fingerprint density at radius 1 is 1.31 bits per heavy atom. The van der Waals surface area contributed by atoms with E-state index in [2.05, 4.69) is 10.2 Å². The number of alkyl halides is 3. The maximum atomic E-state index is 12.6. The highest BCUT2D eigenvalue weighted by atomic mass is 35.6. The van der Waals surface area contributed by atoms with Crippen molar-refractivity contribution < 1.29 is 20.0 Å². The third-order valence-electron chi connectivity index (χ3n) is 5.64. The van der Waals surface area contributed by atoms with Crippen molar-refractivity contribution >= 4 is 46.4 Å². The van der Waals surface area contributed by atoms with E-state index in [1.807, 2.05) is 0 Å². The van der Waals surface area contributed by atoms with Crippen molar-refractivity contribution in [3.63, 3.8) is 0 Å². The second kappa shape index (κ2) is 10.1. The van der Waals surface area contributed by atoms with Crippen LogP contribution < -0.4 is 10.5 Å². The van der Waals surface area contributed by atoms with Crippen LogP contribution in [0, 0.1) is 11.1 Å². The van der Waals surface area contributed by atoms with Gasteiger partial charge in [-0.25, -0.2) is 5.21 Å². The lowest BCUT2D eigenvalue weighted by Crippen LogP contribution is -2.99. The summed E-state index contributed by atoms with van der Waals surface area (Å²) in [4.78, 5) is 15.1. The van der Waals surface area contributed by atoms with Gasteiger partial charge in [-0.2, -0.15) is 5.23 Å². The predicted molar refractivity (Wildman–Crippen MR) is 112 cm³/mol. The number of amides is 1. The normalized spacial score (nSPS) is 25.1. The van der Waals surface area contributed by atoms with Crippen LogP contribution in [0.4, 0.5) is 5.69 Å². The van der Waals surface area contributed by atoms with Crippen LogP contribution in [0.5, 0.6) is 0 Å². The second-order valence-electron chi connectivity index (χ2n) is 7.62. The van der Waals surface area contributed by atoms with Crippen molar-refractivity contribution in [3.8, 4) is 0 Å². The molecule has 1 aromatic rings. The van der Waals surface area contributed by atoms with Gasteiger partial charge in [0.05, 0.1) is 6.61 Å². The van der Waals surface area contributed by atoms with Crippen molar-refractivity contribution in [2.24, 2.45) is 5.92 Å². The standard InChI is InChI=1S/C19H26Cl3N3O4/c20-19(21,22)18(23-17(26)13-5-3-7-15(11-13)25(27)28)29-12-14-6-4-10-24-9-2-1-8-16(14)24/h3,5,7,11,14,16,18,25,27H,1-2,4,6,8-10,12H2,(H,23,26)/t14-,16+,18?/m0/s1. The largest absolute Gasteiger partial charge is 0.595 e. The molecule has 1 aromatic carbocycles. The van der Waals surface area contributed by atoms with Crippen LogP contribution in [-0.4, -0.2) is 51.8 Å². The van der Waals surface area contributed by atoms with E-state index >= 15 is 0 Å². The third-order valence-corrected chi connectivity index (χ3v) is 6.23. The molecule has 4 atom stereocenters. The Kier molecular flexibility index (Phi) is 8.03. The number of halogens is 3. The van der Waals surface area contributed by atoms with E-state index in [9.17, 15) is 10.0 Å². The van der Waals surface area contributed by atoms with Gasteiger partial charge in [0, 0.05) is 23.7 Å². The second-order valence-corrected chi connectivity index (χ2v) is 9.98. The number of nitrogens with zero attached hydrogens (tertiary/aromatic N) is 1. The van der Waals surface area contributed by atoms with E-state index in [1.165, 1.54) is 37.1 Å². The van der Waals surface area contributed by atoms with E-state index in [1.54, 1.807) is 0 Å². The summed E-state index contributed by atoms with van der Waals surface area (Å²) in [6.45, 7) is 2.62. The molecule has 2 heterocycles. The molecule has 3 rings (SSSR count). The SMILES string of the molecule is O=C(NC(OC[C@@H]1CCCN2CCCC[C@H]12)C(Cl)(Cl)Cl)c1cccc([NH+]([O-])O)c1. The molecule has 29 heavy (non-hydrogen) atoms. The first-order chi connectivity index (χ1) is 13.8. The highest BCUT2D eigenvalue weighted by Crippen LogP contribution is 2.34. The molecule has 10 heteroatoms. The van der Waals surface area contributed by atoms with Gasteiger partial charge in [0.1, 0.15) is 0 Å². The molecule has 2 unspecified atom stereocenters. The zero-order valence-electron chi connectivity index (χ0n) is 16.0. The summed E-state index contributed by atoms with van der Waals surface area (Å²) in [5.74, 6) is -0.237. The van der Waals surface area contributed by atoms with Crippen LogP contribution in [0.25, 0.3) is 0 Å². The average molecular weight is 467 g/mol. The van der Waals surface area contributed by atoms with Crippen LogP contribution in [0.2, 0.25) is 0 Å². The van der Waals surface area contributed by atoms with Crippen molar-refractivity contribution in [1.82, 2.24) is 10.2 Å². The maximum absolute atomic E-state index is 12.6. The average Bonchev–Trinajstić information content (AvgIpc) is 2.70. The predicted octanol–water partition coefficient (Wildman–Crippen LogP) is 2.80. The molecule has 0 radical (unpaired) electrons. The van der Waals surface area contributed by atoms with E-state index in [4.69, 9.17) is 44.7 Å². The zero-order chi connectivity index (χ0) is 21.0. The zero-order valence-corrected chi connectivity index (χ0v) is 18.2. The Bertz CT molecular complexity index is 700. The minimum absolute atomic E-state index is 0.00333. The molecule has 0 spiro atoms. The Hall–Kier alpha value is -0.640. The highest BCUT2D eigenvalue weighted by molar-refractivity contribution is 6.68. The molecule has 1 amide bonds. The molecular formula is C19H26Cl3N3O4. The molecule has 0 bridgehead atoms. The smallest absolute Gasteiger partial charge is 0.253 e. The van der Waals surface area contributed by atoms with Crippen molar-refractivity contribution in [2.75, 3.05) is 19.7 Å². The fourth-order valence-corrected chi connectivity index (χ4v) is 4.56. The number of carbonyl (C=O) groups excluding carboxylic acids is 1. The highest BCUT2D eigenvalue weighted by Gasteiger charge is 2.38. The number of fused-ring (bicyclic) bond motifs is 1. The lowest BCUT2D eigenvalue weighted by molar-refractivity contribution is -0.991. The molecule has 162 valence electrons. The summed E-state index contributed by atoms with van der Waals surface area (Å²) >= 11 is 18.2. The monoisotopic (exact) mass is 465 g/mol. The summed E-state index contributed by atoms with van der Waals surface area (Å²) in [6.07, 6.45) is 4.59. The van der Waals surface area contributed by atoms with Gasteiger partial charge in [-0.15, -0.1) is 0 Å². The Labute approximate surface area is 185 Å². The number of quaternary nitrogens is 1. The van der Waals surface area contributed by atoms with Gasteiger partial charge in [0.15, 0.2) is 11.9 Å². The number of carbonyl (C=O) groups is 1. The summed E-state index contributed by atoms with van der Waals surface area (Å²) < 4.78 is 4.03. The Morgan fingerprint density at radius 3 is 2.79 bits per heavy atom. The van der Waals surface area contributed by atoms with Crippen LogP contribution in [0.1, 0.15) is 42.5 Å². The molecule has 7 nitrogen and oxygen atoms in total. The van der Waals surface area contributed by atoms with Crippen LogP contribution in [-0.2, 0) is 4.74 Å². The third kappa shape index (κ3) is 6.18. The van der Waals surface area contributed by atoms with Crippen LogP contribution >= 0.6 is 34.8 Å². The first kappa shape index (κ1) is 23.0. The first-order valence-corrected chi connectivity index (χ1v) is 11.0. The Balaban J connectivity index is 1.64.